The molecule has 2 aliphatic rings. The fourth-order valence-corrected chi connectivity index (χ4v) is 8.45. The molecule has 0 aromatic heterocycles. The summed E-state index contributed by atoms with van der Waals surface area (Å²) in [7, 11) is 0. The predicted octanol–water partition coefficient (Wildman–Crippen LogP) is 5.23. The van der Waals surface area contributed by atoms with Gasteiger partial charge in [0, 0.05) is 0 Å². The molecule has 3 heteroatoms. The van der Waals surface area contributed by atoms with Crippen LogP contribution in [0.15, 0.2) is 21.0 Å². The van der Waals surface area contributed by atoms with Gasteiger partial charge < -0.3 is 0 Å². The Hall–Kier alpha value is 0.530. The largest absolute Gasteiger partial charge is 0.117 e. The number of hydrogen-bond donors (Lipinski definition) is 0. The molecule has 0 unspecified atom stereocenters. The maximum absolute atomic E-state index is 2.37. The molecule has 0 aliphatic carbocycles. The van der Waals surface area contributed by atoms with Crippen molar-refractivity contribution in [1.29, 1.82) is 0 Å². The van der Waals surface area contributed by atoms with Crippen LogP contribution in [0.1, 0.15) is 41.5 Å². The standard InChI is InChI=1S/C12H18S3/c1-7-9(3)13-12(6)8(2)10(4)14-11(7,5)15-12/h1-6H3/t11-,12-/m0/s1. The van der Waals surface area contributed by atoms with Crippen LogP contribution in [0.2, 0.25) is 0 Å². The van der Waals surface area contributed by atoms with Gasteiger partial charge in [0.15, 0.2) is 0 Å². The number of hydrogen-bond acceptors (Lipinski definition) is 3. The lowest BCUT2D eigenvalue weighted by molar-refractivity contribution is 0.945. The summed E-state index contributed by atoms with van der Waals surface area (Å²) < 4.78 is 0.515. The number of fused-ring (bicyclic) bond motifs is 2. The van der Waals surface area contributed by atoms with E-state index in [9.17, 15) is 0 Å². The lowest BCUT2D eigenvalue weighted by atomic mass is 10.2. The average molecular weight is 258 g/mol. The van der Waals surface area contributed by atoms with E-state index in [0.29, 0.717) is 0 Å². The maximum Gasteiger partial charge on any atom is 0.0860 e. The summed E-state index contributed by atoms with van der Waals surface area (Å²) in [5.74, 6) is 0. The molecule has 0 saturated carbocycles. The van der Waals surface area contributed by atoms with E-state index in [1.807, 2.05) is 23.5 Å². The van der Waals surface area contributed by atoms with Crippen molar-refractivity contribution < 1.29 is 0 Å². The molecule has 2 atom stereocenters. The minimum atomic E-state index is 0.258. The molecule has 2 aliphatic heterocycles. The van der Waals surface area contributed by atoms with Crippen molar-refractivity contribution in [1.82, 2.24) is 0 Å². The molecule has 15 heavy (non-hydrogen) atoms. The highest BCUT2D eigenvalue weighted by molar-refractivity contribution is 8.29. The first-order chi connectivity index (χ1) is 6.78. The van der Waals surface area contributed by atoms with Gasteiger partial charge in [-0.25, -0.2) is 0 Å². The number of thioether (sulfide) groups is 3. The summed E-state index contributed by atoms with van der Waals surface area (Å²) in [4.78, 5) is 3.02. The summed E-state index contributed by atoms with van der Waals surface area (Å²) in [5.41, 5.74) is 3.10. The van der Waals surface area contributed by atoms with Crippen molar-refractivity contribution in [3.8, 4) is 0 Å². The van der Waals surface area contributed by atoms with Crippen molar-refractivity contribution in [2.75, 3.05) is 0 Å². The summed E-state index contributed by atoms with van der Waals surface area (Å²) in [6.45, 7) is 13.9. The van der Waals surface area contributed by atoms with Gasteiger partial charge in [0.25, 0.3) is 0 Å². The van der Waals surface area contributed by atoms with Crippen molar-refractivity contribution in [2.24, 2.45) is 0 Å². The Bertz CT molecular complexity index is 344. The second kappa shape index (κ2) is 3.51. The first-order valence-electron chi connectivity index (χ1n) is 5.22. The van der Waals surface area contributed by atoms with Crippen LogP contribution in [0, 0.1) is 0 Å². The van der Waals surface area contributed by atoms with Crippen LogP contribution >= 0.6 is 35.3 Å². The summed E-state index contributed by atoms with van der Waals surface area (Å²) in [6.07, 6.45) is 0. The molecule has 0 radical (unpaired) electrons. The van der Waals surface area contributed by atoms with Gasteiger partial charge in [-0.1, -0.05) is 0 Å². The number of allylic oxidation sites excluding steroid dienone is 2. The highest BCUT2D eigenvalue weighted by Crippen LogP contribution is 2.67. The van der Waals surface area contributed by atoms with Gasteiger partial charge in [-0.05, 0) is 62.5 Å². The van der Waals surface area contributed by atoms with E-state index in [2.05, 4.69) is 53.3 Å². The van der Waals surface area contributed by atoms with E-state index in [1.54, 1.807) is 11.1 Å². The first-order valence-corrected chi connectivity index (χ1v) is 7.67. The Morgan fingerprint density at radius 3 is 1.40 bits per heavy atom. The Kier molecular flexibility index (Phi) is 2.81. The lowest BCUT2D eigenvalue weighted by Crippen LogP contribution is -2.36. The second-order valence-electron chi connectivity index (χ2n) is 4.56. The highest BCUT2D eigenvalue weighted by atomic mass is 32.2. The van der Waals surface area contributed by atoms with E-state index < -0.39 is 0 Å². The topological polar surface area (TPSA) is 0 Å². The van der Waals surface area contributed by atoms with Crippen molar-refractivity contribution in [3.05, 3.63) is 21.0 Å². The van der Waals surface area contributed by atoms with Crippen LogP contribution in [0.3, 0.4) is 0 Å². The summed E-state index contributed by atoms with van der Waals surface area (Å²) >= 11 is 6.18. The minimum Gasteiger partial charge on any atom is -0.117 e. The molecule has 0 fully saturated rings. The minimum absolute atomic E-state index is 0.258. The van der Waals surface area contributed by atoms with E-state index in [0.717, 1.165) is 0 Å². The lowest BCUT2D eigenvalue weighted by Gasteiger charge is -2.49. The zero-order valence-electron chi connectivity index (χ0n) is 10.2. The molecule has 0 N–H and O–H groups in total. The first kappa shape index (κ1) is 12.0. The van der Waals surface area contributed by atoms with Crippen molar-refractivity contribution in [3.63, 3.8) is 0 Å². The Balaban J connectivity index is 2.57. The van der Waals surface area contributed by atoms with Crippen LogP contribution in [0.5, 0.6) is 0 Å². The number of rotatable bonds is 0. The Labute approximate surface area is 106 Å². The molecule has 0 spiro atoms. The van der Waals surface area contributed by atoms with Crippen LogP contribution in [-0.4, -0.2) is 8.16 Å². The van der Waals surface area contributed by atoms with Gasteiger partial charge in [0.2, 0.25) is 0 Å². The molecule has 84 valence electrons. The van der Waals surface area contributed by atoms with Crippen LogP contribution in [-0.2, 0) is 0 Å². The molecule has 0 saturated heterocycles. The third-order valence-corrected chi connectivity index (χ3v) is 8.51. The average Bonchev–Trinajstić information content (AvgIpc) is 2.11. The SMILES string of the molecule is CC1=C(C)[C@@]2(C)SC(C)=C(C)[C@@](C)(S1)S2. The third-order valence-electron chi connectivity index (χ3n) is 3.50. The molecule has 2 rings (SSSR count). The van der Waals surface area contributed by atoms with E-state index in [1.165, 1.54) is 9.81 Å². The van der Waals surface area contributed by atoms with E-state index >= 15 is 0 Å². The van der Waals surface area contributed by atoms with Crippen LogP contribution in [0.25, 0.3) is 0 Å². The summed E-state index contributed by atoms with van der Waals surface area (Å²) in [6, 6.07) is 0. The van der Waals surface area contributed by atoms with Gasteiger partial charge >= 0.3 is 0 Å². The fraction of sp³-hybridized carbons (Fsp3) is 0.667. The Morgan fingerprint density at radius 2 is 1.07 bits per heavy atom. The van der Waals surface area contributed by atoms with Crippen molar-refractivity contribution in [2.45, 2.75) is 49.7 Å². The summed E-state index contributed by atoms with van der Waals surface area (Å²) in [5, 5.41) is 0. The van der Waals surface area contributed by atoms with E-state index in [4.69, 9.17) is 0 Å². The molecule has 0 aromatic carbocycles. The van der Waals surface area contributed by atoms with Crippen molar-refractivity contribution >= 4 is 35.3 Å². The monoisotopic (exact) mass is 258 g/mol. The zero-order chi connectivity index (χ0) is 11.4. The quantitative estimate of drug-likeness (QED) is 0.583. The van der Waals surface area contributed by atoms with Gasteiger partial charge in [-0.3, -0.25) is 0 Å². The molecular weight excluding hydrogens is 240 g/mol. The second-order valence-corrected chi connectivity index (χ2v) is 10.2. The smallest absolute Gasteiger partial charge is 0.0860 e. The molecular formula is C12H18S3. The van der Waals surface area contributed by atoms with E-state index in [-0.39, 0.29) is 8.16 Å². The Morgan fingerprint density at radius 1 is 0.733 bits per heavy atom. The molecule has 2 bridgehead atoms. The normalized spacial score (nSPS) is 41.2. The molecule has 2 heterocycles. The predicted molar refractivity (Wildman–Crippen MR) is 76.3 cm³/mol. The van der Waals surface area contributed by atoms with Gasteiger partial charge in [-0.15, -0.1) is 35.3 Å². The van der Waals surface area contributed by atoms with Gasteiger partial charge in [0.1, 0.15) is 0 Å². The van der Waals surface area contributed by atoms with Gasteiger partial charge in [-0.2, -0.15) is 0 Å². The third kappa shape index (κ3) is 1.71. The fourth-order valence-electron chi connectivity index (χ4n) is 2.10. The van der Waals surface area contributed by atoms with Crippen LogP contribution < -0.4 is 0 Å². The van der Waals surface area contributed by atoms with Gasteiger partial charge in [0.05, 0.1) is 8.16 Å². The molecule has 0 aromatic rings. The maximum atomic E-state index is 2.37. The van der Waals surface area contributed by atoms with Crippen LogP contribution in [0.4, 0.5) is 0 Å². The zero-order valence-corrected chi connectivity index (χ0v) is 12.7. The molecule has 0 amide bonds. The highest BCUT2D eigenvalue weighted by Gasteiger charge is 2.48. The molecule has 0 nitrogen and oxygen atoms in total.